The first kappa shape index (κ1) is 16.1. The lowest BCUT2D eigenvalue weighted by atomic mass is 10.3. The number of benzene rings is 1. The number of nitro benzene ring substituents is 2. The molecule has 0 fully saturated rings. The third-order valence-electron chi connectivity index (χ3n) is 2.26. The fourth-order valence-corrected chi connectivity index (χ4v) is 2.79. The number of allylic oxidation sites excluding steroid dienone is 1. The van der Waals surface area contributed by atoms with Crippen LogP contribution in [-0.4, -0.2) is 29.9 Å². The van der Waals surface area contributed by atoms with Gasteiger partial charge >= 0.3 is 0 Å². The van der Waals surface area contributed by atoms with Crippen molar-refractivity contribution in [3.63, 3.8) is 0 Å². The number of rotatable bonds is 6. The Morgan fingerprint density at radius 1 is 1.15 bits per heavy atom. The maximum atomic E-state index is 11.9. The second-order valence-electron chi connectivity index (χ2n) is 3.57. The van der Waals surface area contributed by atoms with Crippen molar-refractivity contribution in [2.45, 2.75) is 4.90 Å². The van der Waals surface area contributed by atoms with E-state index < -0.39 is 41.7 Å². The molecule has 0 saturated heterocycles. The lowest BCUT2D eigenvalue weighted by Crippen LogP contribution is -2.08. The standard InChI is InChI=1S/C10H9ClN2O6S/c11-5-1-2-6-20(18,19)10-4-3-8(12(14)15)7-9(10)13(16)17/h1-4,7H,5-6H2. The summed E-state index contributed by atoms with van der Waals surface area (Å²) in [6.07, 6.45) is 2.64. The molecule has 1 aromatic rings. The Hall–Kier alpha value is -2.00. The number of nitro groups is 2. The number of alkyl halides is 1. The van der Waals surface area contributed by atoms with Crippen molar-refractivity contribution in [1.29, 1.82) is 0 Å². The summed E-state index contributed by atoms with van der Waals surface area (Å²) in [7, 11) is -3.96. The van der Waals surface area contributed by atoms with Crippen LogP contribution < -0.4 is 0 Å². The molecule has 20 heavy (non-hydrogen) atoms. The predicted molar refractivity (Wildman–Crippen MR) is 71.7 cm³/mol. The van der Waals surface area contributed by atoms with Gasteiger partial charge in [0.2, 0.25) is 0 Å². The fraction of sp³-hybridized carbons (Fsp3) is 0.200. The Balaban J connectivity index is 3.34. The Morgan fingerprint density at radius 3 is 2.30 bits per heavy atom. The lowest BCUT2D eigenvalue weighted by Gasteiger charge is -2.03. The van der Waals surface area contributed by atoms with Crippen LogP contribution in [-0.2, 0) is 9.84 Å². The average Bonchev–Trinajstić information content (AvgIpc) is 2.38. The largest absolute Gasteiger partial charge is 0.294 e. The van der Waals surface area contributed by atoms with Crippen molar-refractivity contribution >= 4 is 32.8 Å². The lowest BCUT2D eigenvalue weighted by molar-refractivity contribution is -0.396. The minimum atomic E-state index is -3.96. The van der Waals surface area contributed by atoms with Crippen molar-refractivity contribution in [2.75, 3.05) is 11.6 Å². The summed E-state index contributed by atoms with van der Waals surface area (Å²) in [5.74, 6) is -0.365. The van der Waals surface area contributed by atoms with E-state index >= 15 is 0 Å². The first-order chi connectivity index (χ1) is 9.29. The van der Waals surface area contributed by atoms with Gasteiger partial charge in [0.25, 0.3) is 11.4 Å². The highest BCUT2D eigenvalue weighted by molar-refractivity contribution is 7.91. The van der Waals surface area contributed by atoms with Crippen LogP contribution in [0.5, 0.6) is 0 Å². The van der Waals surface area contributed by atoms with Crippen LogP contribution in [0.25, 0.3) is 0 Å². The summed E-state index contributed by atoms with van der Waals surface area (Å²) in [4.78, 5) is 19.0. The van der Waals surface area contributed by atoms with E-state index in [1.807, 2.05) is 0 Å². The molecule has 8 nitrogen and oxygen atoms in total. The van der Waals surface area contributed by atoms with E-state index in [0.29, 0.717) is 6.07 Å². The molecule has 0 heterocycles. The molecule has 0 atom stereocenters. The second kappa shape index (κ2) is 6.44. The molecule has 0 bridgehead atoms. The fourth-order valence-electron chi connectivity index (χ4n) is 1.37. The third kappa shape index (κ3) is 3.75. The van der Waals surface area contributed by atoms with E-state index in [1.165, 1.54) is 12.2 Å². The zero-order valence-electron chi connectivity index (χ0n) is 9.93. The van der Waals surface area contributed by atoms with Gasteiger partial charge in [0.1, 0.15) is 4.90 Å². The van der Waals surface area contributed by atoms with Crippen molar-refractivity contribution in [3.8, 4) is 0 Å². The summed E-state index contributed by atoms with van der Waals surface area (Å²) in [5.41, 5.74) is -1.37. The molecule has 0 aromatic heterocycles. The molecule has 1 aromatic carbocycles. The van der Waals surface area contributed by atoms with E-state index in [4.69, 9.17) is 11.6 Å². The zero-order valence-corrected chi connectivity index (χ0v) is 11.5. The maximum Gasteiger partial charge on any atom is 0.294 e. The van der Waals surface area contributed by atoms with E-state index in [0.717, 1.165) is 12.1 Å². The third-order valence-corrected chi connectivity index (χ3v) is 4.08. The van der Waals surface area contributed by atoms with Gasteiger partial charge in [0, 0.05) is 11.9 Å². The minimum Gasteiger partial charge on any atom is -0.258 e. The molecule has 0 unspecified atom stereocenters. The molecule has 10 heteroatoms. The first-order valence-corrected chi connectivity index (χ1v) is 7.35. The normalized spacial score (nSPS) is 11.7. The molecule has 0 aliphatic rings. The molecular weight excluding hydrogens is 312 g/mol. The second-order valence-corrected chi connectivity index (χ2v) is 5.88. The van der Waals surface area contributed by atoms with E-state index in [9.17, 15) is 28.6 Å². The number of sulfone groups is 1. The predicted octanol–water partition coefficient (Wildman–Crippen LogP) is 2.07. The first-order valence-electron chi connectivity index (χ1n) is 5.16. The SMILES string of the molecule is O=[N+]([O-])c1ccc(S(=O)(=O)CC=CCCl)c([N+](=O)[O-])c1. The van der Waals surface area contributed by atoms with Crippen LogP contribution in [0.3, 0.4) is 0 Å². The van der Waals surface area contributed by atoms with Gasteiger partial charge in [-0.1, -0.05) is 12.2 Å². The van der Waals surface area contributed by atoms with Crippen LogP contribution in [0.15, 0.2) is 35.2 Å². The Kier molecular flexibility index (Phi) is 5.17. The van der Waals surface area contributed by atoms with Crippen molar-refractivity contribution in [2.24, 2.45) is 0 Å². The summed E-state index contributed by atoms with van der Waals surface area (Å²) >= 11 is 5.35. The molecule has 0 amide bonds. The van der Waals surface area contributed by atoms with Crippen LogP contribution in [0.4, 0.5) is 11.4 Å². The number of non-ortho nitro benzene ring substituents is 1. The van der Waals surface area contributed by atoms with Gasteiger partial charge in [-0.25, -0.2) is 8.42 Å². The van der Waals surface area contributed by atoms with Gasteiger partial charge in [-0.2, -0.15) is 0 Å². The molecule has 0 N–H and O–H groups in total. The highest BCUT2D eigenvalue weighted by Gasteiger charge is 2.27. The summed E-state index contributed by atoms with van der Waals surface area (Å²) in [6, 6.07) is 2.39. The molecular formula is C10H9ClN2O6S. The van der Waals surface area contributed by atoms with Gasteiger partial charge in [-0.05, 0) is 6.07 Å². The molecule has 108 valence electrons. The smallest absolute Gasteiger partial charge is 0.258 e. The Labute approximate surface area is 118 Å². The van der Waals surface area contributed by atoms with Crippen molar-refractivity contribution in [3.05, 3.63) is 50.6 Å². The van der Waals surface area contributed by atoms with Gasteiger partial charge in [-0.15, -0.1) is 11.6 Å². The van der Waals surface area contributed by atoms with Crippen molar-refractivity contribution < 1.29 is 18.3 Å². The number of hydrogen-bond donors (Lipinski definition) is 0. The highest BCUT2D eigenvalue weighted by atomic mass is 35.5. The van der Waals surface area contributed by atoms with Gasteiger partial charge in [-0.3, -0.25) is 20.2 Å². The molecule has 1 rings (SSSR count). The van der Waals surface area contributed by atoms with E-state index in [-0.39, 0.29) is 5.88 Å². The molecule has 0 saturated carbocycles. The Morgan fingerprint density at radius 2 is 1.80 bits per heavy atom. The number of nitrogens with zero attached hydrogens (tertiary/aromatic N) is 2. The summed E-state index contributed by atoms with van der Waals surface area (Å²) in [6.45, 7) is 0. The van der Waals surface area contributed by atoms with Crippen LogP contribution in [0.2, 0.25) is 0 Å². The van der Waals surface area contributed by atoms with Crippen LogP contribution in [0.1, 0.15) is 0 Å². The van der Waals surface area contributed by atoms with Gasteiger partial charge in [0.05, 0.1) is 21.7 Å². The molecule has 0 aliphatic heterocycles. The van der Waals surface area contributed by atoms with E-state index in [2.05, 4.69) is 0 Å². The van der Waals surface area contributed by atoms with Crippen LogP contribution in [0, 0.1) is 20.2 Å². The van der Waals surface area contributed by atoms with Gasteiger partial charge in [0.15, 0.2) is 9.84 Å². The summed E-state index contributed by atoms with van der Waals surface area (Å²) in [5, 5.41) is 21.4. The summed E-state index contributed by atoms with van der Waals surface area (Å²) < 4.78 is 23.9. The molecule has 0 spiro atoms. The zero-order chi connectivity index (χ0) is 15.3. The minimum absolute atomic E-state index is 0.109. The van der Waals surface area contributed by atoms with Crippen molar-refractivity contribution in [1.82, 2.24) is 0 Å². The highest BCUT2D eigenvalue weighted by Crippen LogP contribution is 2.29. The monoisotopic (exact) mass is 320 g/mol. The number of hydrogen-bond acceptors (Lipinski definition) is 6. The maximum absolute atomic E-state index is 11.9. The van der Waals surface area contributed by atoms with E-state index in [1.54, 1.807) is 0 Å². The number of halogens is 1. The Bertz CT molecular complexity index is 670. The topological polar surface area (TPSA) is 120 Å². The average molecular weight is 321 g/mol. The molecule has 0 aliphatic carbocycles. The quantitative estimate of drug-likeness (QED) is 0.342. The van der Waals surface area contributed by atoms with Crippen LogP contribution >= 0.6 is 11.6 Å². The molecule has 0 radical (unpaired) electrons. The van der Waals surface area contributed by atoms with Gasteiger partial charge < -0.3 is 0 Å².